The van der Waals surface area contributed by atoms with Crippen molar-refractivity contribution in [2.75, 3.05) is 26.8 Å². The number of hydrogen-bond donors (Lipinski definition) is 2. The summed E-state index contributed by atoms with van der Waals surface area (Å²) in [6, 6.07) is -0.729. The lowest BCUT2D eigenvalue weighted by Gasteiger charge is -2.36. The highest BCUT2D eigenvalue weighted by atomic mass is 31.2. The van der Waals surface area contributed by atoms with E-state index in [4.69, 9.17) is 32.5 Å². The standard InChI is InChI=1S/C24H38FN4O14P/c1-8-35-18-16-17(27-15(6)28-18)29(10-26-16)20-23(7,33)19(30)24(25,43-20)9-38-44(34,39-11-36-21(31)41-13(2)3)40-12-37-22(32)42-14(4)5/h10,13-14,16-17,19-20,30,33H,8-9,11-12H2,1-7H3/t16?,17?,19-,20+,23+,24+/m0/s1. The summed E-state index contributed by atoms with van der Waals surface area (Å²) in [7, 11) is -4.93. The van der Waals surface area contributed by atoms with Crippen LogP contribution in [0.2, 0.25) is 0 Å². The fraction of sp³-hybridized carbons (Fsp3) is 0.792. The first kappa shape index (κ1) is 35.5. The molecule has 0 bridgehead atoms. The first-order valence-electron chi connectivity index (χ1n) is 13.6. The van der Waals surface area contributed by atoms with Crippen LogP contribution in [0.5, 0.6) is 0 Å². The Labute approximate surface area is 252 Å². The van der Waals surface area contributed by atoms with Crippen molar-refractivity contribution in [1.29, 1.82) is 0 Å². The quantitative estimate of drug-likeness (QED) is 0.165. The minimum absolute atomic E-state index is 0.256. The summed E-state index contributed by atoms with van der Waals surface area (Å²) < 4.78 is 74.1. The van der Waals surface area contributed by atoms with Crippen molar-refractivity contribution < 1.29 is 70.8 Å². The maximum Gasteiger partial charge on any atom is 0.510 e. The van der Waals surface area contributed by atoms with Crippen molar-refractivity contribution in [2.24, 2.45) is 15.0 Å². The third-order valence-corrected chi connectivity index (χ3v) is 7.27. The Kier molecular flexibility index (Phi) is 11.7. The van der Waals surface area contributed by atoms with E-state index in [0.717, 1.165) is 6.92 Å². The molecule has 0 radical (unpaired) electrons. The molecule has 20 heteroatoms. The van der Waals surface area contributed by atoms with Crippen molar-refractivity contribution in [3.8, 4) is 0 Å². The predicted octanol–water partition coefficient (Wildman–Crippen LogP) is 2.22. The van der Waals surface area contributed by atoms with Crippen LogP contribution in [0, 0.1) is 0 Å². The monoisotopic (exact) mass is 656 g/mol. The van der Waals surface area contributed by atoms with Crippen LogP contribution in [0.1, 0.15) is 48.5 Å². The van der Waals surface area contributed by atoms with E-state index >= 15 is 4.39 Å². The Balaban J connectivity index is 1.73. The number of phosphoric ester groups is 1. The molecule has 3 heterocycles. The Bertz CT molecular complexity index is 1150. The molecule has 0 aromatic rings. The largest absolute Gasteiger partial charge is 0.510 e. The lowest BCUT2D eigenvalue weighted by Crippen LogP contribution is -2.56. The number of fused-ring (bicyclic) bond motifs is 1. The van der Waals surface area contributed by atoms with E-state index in [2.05, 4.69) is 24.5 Å². The van der Waals surface area contributed by atoms with Gasteiger partial charge in [-0.05, 0) is 48.5 Å². The van der Waals surface area contributed by atoms with Gasteiger partial charge in [0, 0.05) is 0 Å². The fourth-order valence-corrected chi connectivity index (χ4v) is 5.04. The smallest absolute Gasteiger partial charge is 0.479 e. The maximum absolute atomic E-state index is 16.2. The zero-order valence-corrected chi connectivity index (χ0v) is 26.2. The second-order valence-electron chi connectivity index (χ2n) is 10.4. The lowest BCUT2D eigenvalue weighted by molar-refractivity contribution is -0.210. The van der Waals surface area contributed by atoms with Gasteiger partial charge in [0.2, 0.25) is 19.5 Å². The molecule has 250 valence electrons. The zero-order chi connectivity index (χ0) is 32.9. The molecule has 0 aromatic carbocycles. The van der Waals surface area contributed by atoms with E-state index < -0.39 is 88.5 Å². The van der Waals surface area contributed by atoms with Crippen molar-refractivity contribution in [2.45, 2.75) is 96.7 Å². The third kappa shape index (κ3) is 8.62. The van der Waals surface area contributed by atoms with Gasteiger partial charge in [-0.15, -0.1) is 0 Å². The van der Waals surface area contributed by atoms with Crippen LogP contribution >= 0.6 is 7.82 Å². The van der Waals surface area contributed by atoms with E-state index in [1.54, 1.807) is 41.5 Å². The Morgan fingerprint density at radius 3 is 2.20 bits per heavy atom. The van der Waals surface area contributed by atoms with Gasteiger partial charge < -0.3 is 43.5 Å². The predicted molar refractivity (Wildman–Crippen MR) is 146 cm³/mol. The fourth-order valence-electron chi connectivity index (χ4n) is 4.12. The van der Waals surface area contributed by atoms with Crippen LogP contribution in [-0.2, 0) is 46.6 Å². The van der Waals surface area contributed by atoms with Crippen LogP contribution in [0.4, 0.5) is 14.0 Å². The molecule has 3 aliphatic rings. The van der Waals surface area contributed by atoms with Gasteiger partial charge >= 0.3 is 20.1 Å². The number of hydrogen-bond acceptors (Lipinski definition) is 18. The molecular formula is C24H38FN4O14P. The number of amidine groups is 1. The maximum atomic E-state index is 16.2. The summed E-state index contributed by atoms with van der Waals surface area (Å²) in [4.78, 5) is 37.5. The number of carbonyl (C=O) groups is 2. The summed E-state index contributed by atoms with van der Waals surface area (Å²) in [6.07, 6.45) is -6.96. The van der Waals surface area contributed by atoms with Gasteiger partial charge in [0.05, 0.1) is 25.2 Å². The average Bonchev–Trinajstić information content (AvgIpc) is 3.39. The molecule has 0 aromatic heterocycles. The molecule has 44 heavy (non-hydrogen) atoms. The number of alkyl halides is 1. The molecule has 3 rings (SSSR count). The average molecular weight is 657 g/mol. The van der Waals surface area contributed by atoms with E-state index in [1.807, 2.05) is 0 Å². The summed E-state index contributed by atoms with van der Waals surface area (Å²) in [6.45, 7) is 7.48. The minimum atomic E-state index is -4.93. The highest BCUT2D eigenvalue weighted by molar-refractivity contribution is 7.48. The normalized spacial score (nSPS) is 29.8. The number of ether oxygens (including phenoxy) is 6. The first-order chi connectivity index (χ1) is 20.5. The molecule has 6 atom stereocenters. The number of aliphatic hydroxyl groups is 2. The van der Waals surface area contributed by atoms with Crippen molar-refractivity contribution in [3.63, 3.8) is 0 Å². The first-order valence-corrected chi connectivity index (χ1v) is 15.0. The number of nitrogens with zero attached hydrogens (tertiary/aromatic N) is 4. The number of carbonyl (C=O) groups excluding carboxylic acids is 2. The number of phosphoric acid groups is 1. The molecule has 0 saturated carbocycles. The van der Waals surface area contributed by atoms with Crippen LogP contribution in [0.25, 0.3) is 0 Å². The van der Waals surface area contributed by atoms with Crippen LogP contribution in [-0.4, -0.2) is 120 Å². The molecule has 0 aliphatic carbocycles. The minimum Gasteiger partial charge on any atom is -0.479 e. The molecule has 2 N–H and O–H groups in total. The Morgan fingerprint density at radius 1 is 1.11 bits per heavy atom. The zero-order valence-electron chi connectivity index (χ0n) is 25.3. The molecule has 18 nitrogen and oxygen atoms in total. The van der Waals surface area contributed by atoms with Crippen molar-refractivity contribution in [3.05, 3.63) is 0 Å². The van der Waals surface area contributed by atoms with E-state index in [0.29, 0.717) is 12.4 Å². The van der Waals surface area contributed by atoms with Crippen molar-refractivity contribution >= 4 is 38.2 Å². The van der Waals surface area contributed by atoms with Crippen LogP contribution in [0.3, 0.4) is 0 Å². The summed E-state index contributed by atoms with van der Waals surface area (Å²) in [5, 5.41) is 22.0. The highest BCUT2D eigenvalue weighted by Gasteiger charge is 2.66. The Hall–Kier alpha value is -2.93. The number of halogens is 1. The second-order valence-corrected chi connectivity index (χ2v) is 12.0. The van der Waals surface area contributed by atoms with E-state index in [-0.39, 0.29) is 5.90 Å². The van der Waals surface area contributed by atoms with Gasteiger partial charge in [0.25, 0.3) is 5.85 Å². The van der Waals surface area contributed by atoms with Gasteiger partial charge in [-0.1, -0.05) is 0 Å². The Morgan fingerprint density at radius 2 is 1.68 bits per heavy atom. The van der Waals surface area contributed by atoms with E-state index in [1.165, 1.54) is 11.2 Å². The summed E-state index contributed by atoms with van der Waals surface area (Å²) in [5.41, 5.74) is -2.30. The van der Waals surface area contributed by atoms with Crippen LogP contribution in [0.15, 0.2) is 15.0 Å². The van der Waals surface area contributed by atoms with Gasteiger partial charge in [-0.3, -0.25) is 9.52 Å². The number of aliphatic hydroxyl groups excluding tert-OH is 1. The SMILES string of the molecule is CCOC1=NC(C)=NC2C1N=CN2[C@@H]1O[C@](F)(COP(=O)(OCOC(=O)OC(C)C)OCOC(=O)OC(C)C)[C@@H](O)[C@@]1(C)O. The van der Waals surface area contributed by atoms with Gasteiger partial charge in [-0.2, -0.15) is 0 Å². The third-order valence-electron chi connectivity index (χ3n) is 5.98. The molecule has 2 unspecified atom stereocenters. The van der Waals surface area contributed by atoms with Gasteiger partial charge in [0.1, 0.15) is 24.1 Å². The molecule has 0 spiro atoms. The molecule has 3 aliphatic heterocycles. The number of rotatable bonds is 13. The number of aliphatic imine (C=N–C) groups is 3. The van der Waals surface area contributed by atoms with Crippen LogP contribution < -0.4 is 0 Å². The lowest BCUT2D eigenvalue weighted by atomic mass is 9.94. The molecular weight excluding hydrogens is 618 g/mol. The molecule has 1 fully saturated rings. The highest BCUT2D eigenvalue weighted by Crippen LogP contribution is 2.52. The second kappa shape index (κ2) is 14.4. The van der Waals surface area contributed by atoms with E-state index in [9.17, 15) is 24.4 Å². The van der Waals surface area contributed by atoms with Gasteiger partial charge in [-0.25, -0.2) is 37.6 Å². The summed E-state index contributed by atoms with van der Waals surface area (Å²) in [5.74, 6) is -2.64. The van der Waals surface area contributed by atoms with Gasteiger partial charge in [0.15, 0.2) is 18.4 Å². The van der Waals surface area contributed by atoms with Crippen molar-refractivity contribution in [1.82, 2.24) is 4.90 Å². The summed E-state index contributed by atoms with van der Waals surface area (Å²) >= 11 is 0. The molecule has 1 saturated heterocycles. The molecule has 0 amide bonds. The topological polar surface area (TPSA) is 215 Å².